The lowest BCUT2D eigenvalue weighted by molar-refractivity contribution is -0.384. The number of hydrogen-bond donors (Lipinski definition) is 1. The standard InChI is InChI=1S/C16H17N3O2/c17-15-4-1-5-16-14(15)3-2-10-18(16)11-12-6-8-13(9-7-12)19(20)21/h1,4-9H,2-3,10-11,17H2. The van der Waals surface area contributed by atoms with Crippen molar-refractivity contribution in [3.8, 4) is 0 Å². The maximum Gasteiger partial charge on any atom is 0.269 e. The topological polar surface area (TPSA) is 72.4 Å². The van der Waals surface area contributed by atoms with Gasteiger partial charge in [-0.25, -0.2) is 0 Å². The van der Waals surface area contributed by atoms with E-state index >= 15 is 0 Å². The van der Waals surface area contributed by atoms with E-state index < -0.39 is 0 Å². The van der Waals surface area contributed by atoms with E-state index in [0.717, 1.165) is 37.2 Å². The lowest BCUT2D eigenvalue weighted by Crippen LogP contribution is -2.29. The number of nitrogens with zero attached hydrogens (tertiary/aromatic N) is 2. The first-order valence-corrected chi connectivity index (χ1v) is 7.01. The van der Waals surface area contributed by atoms with Gasteiger partial charge in [0.25, 0.3) is 5.69 Å². The van der Waals surface area contributed by atoms with E-state index in [1.807, 2.05) is 24.3 Å². The Balaban J connectivity index is 1.83. The average Bonchev–Trinajstić information content (AvgIpc) is 2.49. The van der Waals surface area contributed by atoms with Crippen LogP contribution in [0.3, 0.4) is 0 Å². The van der Waals surface area contributed by atoms with Gasteiger partial charge in [-0.3, -0.25) is 10.1 Å². The Morgan fingerprint density at radius 2 is 1.95 bits per heavy atom. The Labute approximate surface area is 123 Å². The highest BCUT2D eigenvalue weighted by Crippen LogP contribution is 2.32. The Morgan fingerprint density at radius 3 is 2.67 bits per heavy atom. The normalized spacial score (nSPS) is 13.8. The Morgan fingerprint density at radius 1 is 1.19 bits per heavy atom. The molecule has 108 valence electrons. The molecule has 5 nitrogen and oxygen atoms in total. The predicted molar refractivity (Wildman–Crippen MR) is 83.3 cm³/mol. The third-order valence-corrected chi connectivity index (χ3v) is 3.90. The molecule has 1 heterocycles. The van der Waals surface area contributed by atoms with E-state index in [9.17, 15) is 10.1 Å². The summed E-state index contributed by atoms with van der Waals surface area (Å²) >= 11 is 0. The largest absolute Gasteiger partial charge is 0.398 e. The third-order valence-electron chi connectivity index (χ3n) is 3.90. The molecule has 2 N–H and O–H groups in total. The van der Waals surface area contributed by atoms with Crippen LogP contribution in [-0.4, -0.2) is 11.5 Å². The molecule has 2 aromatic carbocycles. The molecule has 0 saturated heterocycles. The number of anilines is 2. The molecule has 21 heavy (non-hydrogen) atoms. The quantitative estimate of drug-likeness (QED) is 0.533. The van der Waals surface area contributed by atoms with Crippen molar-refractivity contribution in [2.45, 2.75) is 19.4 Å². The Bertz CT molecular complexity index is 668. The summed E-state index contributed by atoms with van der Waals surface area (Å²) in [6.07, 6.45) is 2.09. The zero-order valence-electron chi connectivity index (χ0n) is 11.7. The smallest absolute Gasteiger partial charge is 0.269 e. The van der Waals surface area contributed by atoms with Crippen molar-refractivity contribution < 1.29 is 4.92 Å². The number of nitro groups is 1. The molecule has 0 unspecified atom stereocenters. The summed E-state index contributed by atoms with van der Waals surface area (Å²) in [5, 5.41) is 10.7. The summed E-state index contributed by atoms with van der Waals surface area (Å²) in [6, 6.07) is 12.8. The molecule has 0 saturated carbocycles. The molecule has 0 radical (unpaired) electrons. The second kappa shape index (κ2) is 5.44. The molecule has 0 aromatic heterocycles. The van der Waals surface area contributed by atoms with Crippen LogP contribution in [0, 0.1) is 10.1 Å². The van der Waals surface area contributed by atoms with Gasteiger partial charge in [0, 0.05) is 36.6 Å². The van der Waals surface area contributed by atoms with Gasteiger partial charge in [-0.15, -0.1) is 0 Å². The minimum Gasteiger partial charge on any atom is -0.398 e. The summed E-state index contributed by atoms with van der Waals surface area (Å²) in [5.41, 5.74) is 10.5. The highest BCUT2D eigenvalue weighted by atomic mass is 16.6. The van der Waals surface area contributed by atoms with E-state index in [4.69, 9.17) is 5.73 Å². The first-order chi connectivity index (χ1) is 10.1. The zero-order chi connectivity index (χ0) is 14.8. The molecule has 0 atom stereocenters. The van der Waals surface area contributed by atoms with Crippen molar-refractivity contribution in [1.29, 1.82) is 0 Å². The fourth-order valence-corrected chi connectivity index (χ4v) is 2.84. The summed E-state index contributed by atoms with van der Waals surface area (Å²) in [4.78, 5) is 12.6. The van der Waals surface area contributed by atoms with Crippen LogP contribution >= 0.6 is 0 Å². The van der Waals surface area contributed by atoms with Crippen LogP contribution in [0.1, 0.15) is 17.5 Å². The van der Waals surface area contributed by atoms with E-state index in [2.05, 4.69) is 11.0 Å². The molecule has 5 heteroatoms. The maximum absolute atomic E-state index is 10.7. The van der Waals surface area contributed by atoms with E-state index in [-0.39, 0.29) is 10.6 Å². The molecule has 3 rings (SSSR count). The summed E-state index contributed by atoms with van der Waals surface area (Å²) < 4.78 is 0. The van der Waals surface area contributed by atoms with Gasteiger partial charge in [0.2, 0.25) is 0 Å². The maximum atomic E-state index is 10.7. The summed E-state index contributed by atoms with van der Waals surface area (Å²) in [5.74, 6) is 0. The van der Waals surface area contributed by atoms with E-state index in [1.54, 1.807) is 12.1 Å². The minimum absolute atomic E-state index is 0.127. The molecule has 1 aliphatic rings. The van der Waals surface area contributed by atoms with Crippen molar-refractivity contribution in [2.75, 3.05) is 17.2 Å². The molecule has 0 spiro atoms. The van der Waals surface area contributed by atoms with Gasteiger partial charge in [-0.1, -0.05) is 18.2 Å². The van der Waals surface area contributed by atoms with Crippen LogP contribution in [-0.2, 0) is 13.0 Å². The number of non-ortho nitro benzene ring substituents is 1. The van der Waals surface area contributed by atoms with Crippen molar-refractivity contribution in [2.24, 2.45) is 0 Å². The van der Waals surface area contributed by atoms with Gasteiger partial charge < -0.3 is 10.6 Å². The van der Waals surface area contributed by atoms with Crippen LogP contribution in [0.5, 0.6) is 0 Å². The average molecular weight is 283 g/mol. The summed E-state index contributed by atoms with van der Waals surface area (Å²) in [6.45, 7) is 1.72. The second-order valence-corrected chi connectivity index (χ2v) is 5.29. The van der Waals surface area contributed by atoms with Crippen molar-refractivity contribution >= 4 is 17.1 Å². The van der Waals surface area contributed by atoms with Gasteiger partial charge in [-0.05, 0) is 36.1 Å². The van der Waals surface area contributed by atoms with E-state index in [1.165, 1.54) is 11.3 Å². The van der Waals surface area contributed by atoms with Crippen LogP contribution < -0.4 is 10.6 Å². The number of nitrogen functional groups attached to an aromatic ring is 1. The van der Waals surface area contributed by atoms with Gasteiger partial charge in [0.1, 0.15) is 0 Å². The zero-order valence-corrected chi connectivity index (χ0v) is 11.7. The van der Waals surface area contributed by atoms with Crippen molar-refractivity contribution in [1.82, 2.24) is 0 Å². The second-order valence-electron chi connectivity index (χ2n) is 5.29. The first-order valence-electron chi connectivity index (χ1n) is 7.01. The third kappa shape index (κ3) is 2.67. The van der Waals surface area contributed by atoms with Crippen LogP contribution in [0.2, 0.25) is 0 Å². The fourth-order valence-electron chi connectivity index (χ4n) is 2.84. The monoisotopic (exact) mass is 283 g/mol. The van der Waals surface area contributed by atoms with Gasteiger partial charge in [0.05, 0.1) is 4.92 Å². The van der Waals surface area contributed by atoms with Crippen LogP contribution in [0.25, 0.3) is 0 Å². The summed E-state index contributed by atoms with van der Waals surface area (Å²) in [7, 11) is 0. The molecule has 1 aliphatic heterocycles. The molecule has 0 amide bonds. The lowest BCUT2D eigenvalue weighted by atomic mass is 9.99. The first kappa shape index (κ1) is 13.4. The van der Waals surface area contributed by atoms with Crippen LogP contribution in [0.15, 0.2) is 42.5 Å². The molecule has 0 bridgehead atoms. The highest BCUT2D eigenvalue weighted by molar-refractivity contribution is 5.66. The number of nitro benzene ring substituents is 1. The lowest BCUT2D eigenvalue weighted by Gasteiger charge is -2.32. The molecule has 0 fully saturated rings. The molecular weight excluding hydrogens is 266 g/mol. The SMILES string of the molecule is Nc1cccc2c1CCCN2Cc1ccc([N+](=O)[O-])cc1. The minimum atomic E-state index is -0.374. The molecular formula is C16H17N3O2. The molecule has 2 aromatic rings. The fraction of sp³-hybridized carbons (Fsp3) is 0.250. The number of rotatable bonds is 3. The molecule has 0 aliphatic carbocycles. The van der Waals surface area contributed by atoms with Crippen molar-refractivity contribution in [3.63, 3.8) is 0 Å². The Hall–Kier alpha value is -2.56. The number of hydrogen-bond acceptors (Lipinski definition) is 4. The number of fused-ring (bicyclic) bond motifs is 1. The van der Waals surface area contributed by atoms with Gasteiger partial charge >= 0.3 is 0 Å². The van der Waals surface area contributed by atoms with E-state index in [0.29, 0.717) is 0 Å². The van der Waals surface area contributed by atoms with Gasteiger partial charge in [0.15, 0.2) is 0 Å². The highest BCUT2D eigenvalue weighted by Gasteiger charge is 2.18. The Kier molecular flexibility index (Phi) is 3.48. The van der Waals surface area contributed by atoms with Crippen molar-refractivity contribution in [3.05, 3.63) is 63.7 Å². The number of benzene rings is 2. The predicted octanol–water partition coefficient (Wildman–Crippen LogP) is 3.13. The van der Waals surface area contributed by atoms with Gasteiger partial charge in [-0.2, -0.15) is 0 Å². The number of nitrogens with two attached hydrogens (primary N) is 1. The van der Waals surface area contributed by atoms with Crippen LogP contribution in [0.4, 0.5) is 17.1 Å².